The first-order valence-corrected chi connectivity index (χ1v) is 8.58. The van der Waals surface area contributed by atoms with Gasteiger partial charge in [0.1, 0.15) is 0 Å². The minimum Gasteiger partial charge on any atom is -0.354 e. The maximum absolute atomic E-state index is 11.9. The summed E-state index contributed by atoms with van der Waals surface area (Å²) in [7, 11) is 0. The zero-order valence-corrected chi connectivity index (χ0v) is 14.4. The number of benzene rings is 3. The highest BCUT2D eigenvalue weighted by Crippen LogP contribution is 2.32. The van der Waals surface area contributed by atoms with Crippen LogP contribution in [0.15, 0.2) is 84.9 Å². The van der Waals surface area contributed by atoms with Crippen molar-refractivity contribution in [3.63, 3.8) is 0 Å². The molecule has 0 radical (unpaired) electrons. The first kappa shape index (κ1) is 16.0. The second kappa shape index (κ2) is 6.81. The lowest BCUT2D eigenvalue weighted by molar-refractivity contribution is 0.104. The number of para-hydroxylation sites is 2. The first-order valence-electron chi connectivity index (χ1n) is 8.58. The number of aromatic nitrogens is 1. The van der Waals surface area contributed by atoms with Crippen LogP contribution in [-0.2, 0) is 0 Å². The van der Waals surface area contributed by atoms with Gasteiger partial charge in [-0.2, -0.15) is 0 Å². The number of rotatable bonds is 4. The van der Waals surface area contributed by atoms with Crippen molar-refractivity contribution in [3.05, 3.63) is 90.5 Å². The largest absolute Gasteiger partial charge is 0.354 e. The normalized spacial score (nSPS) is 11.3. The molecule has 4 aromatic rings. The van der Waals surface area contributed by atoms with Crippen molar-refractivity contribution in [2.45, 2.75) is 6.92 Å². The highest BCUT2D eigenvalue weighted by molar-refractivity contribution is 6.09. The Morgan fingerprint density at radius 2 is 1.42 bits per heavy atom. The van der Waals surface area contributed by atoms with Crippen LogP contribution in [0.1, 0.15) is 17.3 Å². The number of anilines is 2. The van der Waals surface area contributed by atoms with E-state index in [-0.39, 0.29) is 5.78 Å². The smallest absolute Gasteiger partial charge is 0.185 e. The minimum atomic E-state index is 0.0128. The molecule has 0 saturated carbocycles. The summed E-state index contributed by atoms with van der Waals surface area (Å²) in [5, 5.41) is 5.66. The summed E-state index contributed by atoms with van der Waals surface area (Å²) in [5.41, 5.74) is 4.54. The van der Waals surface area contributed by atoms with Crippen molar-refractivity contribution in [3.8, 4) is 0 Å². The van der Waals surface area contributed by atoms with E-state index >= 15 is 0 Å². The highest BCUT2D eigenvalue weighted by Gasteiger charge is 2.09. The van der Waals surface area contributed by atoms with Crippen LogP contribution in [0.25, 0.3) is 21.8 Å². The Morgan fingerprint density at radius 3 is 2.00 bits per heavy atom. The van der Waals surface area contributed by atoms with Gasteiger partial charge < -0.3 is 5.32 Å². The zero-order valence-electron chi connectivity index (χ0n) is 14.4. The van der Waals surface area contributed by atoms with Crippen molar-refractivity contribution in [1.82, 2.24) is 4.98 Å². The van der Waals surface area contributed by atoms with Crippen LogP contribution in [0.4, 0.5) is 11.4 Å². The zero-order chi connectivity index (χ0) is 17.9. The number of carbonyl (C=O) groups is 1. The molecule has 0 aliphatic rings. The molecule has 3 aromatic carbocycles. The van der Waals surface area contributed by atoms with Crippen LogP contribution in [0.3, 0.4) is 0 Å². The summed E-state index contributed by atoms with van der Waals surface area (Å²) in [6.45, 7) is 1.84. The second-order valence-electron chi connectivity index (χ2n) is 6.09. The van der Waals surface area contributed by atoms with Gasteiger partial charge in [0.15, 0.2) is 5.78 Å². The lowest BCUT2D eigenvalue weighted by Crippen LogP contribution is -1.97. The van der Waals surface area contributed by atoms with Gasteiger partial charge in [0.2, 0.25) is 0 Å². The van der Waals surface area contributed by atoms with Crippen molar-refractivity contribution in [1.29, 1.82) is 0 Å². The van der Waals surface area contributed by atoms with Gasteiger partial charge in [-0.15, -0.1) is 0 Å². The van der Waals surface area contributed by atoms with Crippen molar-refractivity contribution >= 4 is 39.0 Å². The highest BCUT2D eigenvalue weighted by atomic mass is 16.1. The molecule has 0 saturated heterocycles. The lowest BCUT2D eigenvalue weighted by Gasteiger charge is -2.13. The summed E-state index contributed by atoms with van der Waals surface area (Å²) in [6, 6.07) is 23.8. The maximum atomic E-state index is 11.9. The summed E-state index contributed by atoms with van der Waals surface area (Å²) < 4.78 is 0. The van der Waals surface area contributed by atoms with E-state index in [1.807, 2.05) is 67.6 Å². The Bertz CT molecular complexity index is 1070. The van der Waals surface area contributed by atoms with E-state index in [0.717, 1.165) is 33.2 Å². The van der Waals surface area contributed by atoms with E-state index < -0.39 is 0 Å². The molecule has 4 rings (SSSR count). The molecule has 3 heteroatoms. The Balaban J connectivity index is 1.79. The van der Waals surface area contributed by atoms with Gasteiger partial charge in [0, 0.05) is 22.0 Å². The SMILES string of the molecule is C/C=C/C(=O)c1ccc(Nc2c3ccccc3nc3ccccc23)cc1. The molecule has 0 spiro atoms. The second-order valence-corrected chi connectivity index (χ2v) is 6.09. The molecule has 1 heterocycles. The third kappa shape index (κ3) is 2.95. The predicted molar refractivity (Wildman–Crippen MR) is 108 cm³/mol. The van der Waals surface area contributed by atoms with Crippen LogP contribution in [0.5, 0.6) is 0 Å². The van der Waals surface area contributed by atoms with E-state index in [9.17, 15) is 4.79 Å². The van der Waals surface area contributed by atoms with E-state index in [1.54, 1.807) is 12.2 Å². The number of hydrogen-bond acceptors (Lipinski definition) is 3. The van der Waals surface area contributed by atoms with Gasteiger partial charge in [0.05, 0.1) is 16.7 Å². The quantitative estimate of drug-likeness (QED) is 0.286. The molecule has 3 nitrogen and oxygen atoms in total. The molecule has 1 N–H and O–H groups in total. The third-order valence-electron chi connectivity index (χ3n) is 4.34. The molecule has 0 amide bonds. The van der Waals surface area contributed by atoms with Crippen LogP contribution < -0.4 is 5.32 Å². The van der Waals surface area contributed by atoms with Gasteiger partial charge in [-0.25, -0.2) is 4.98 Å². The number of fused-ring (bicyclic) bond motifs is 2. The predicted octanol–water partition coefficient (Wildman–Crippen LogP) is 5.89. The van der Waals surface area contributed by atoms with Gasteiger partial charge in [0.25, 0.3) is 0 Å². The Hall–Kier alpha value is -3.46. The monoisotopic (exact) mass is 338 g/mol. The van der Waals surface area contributed by atoms with E-state index in [2.05, 4.69) is 17.4 Å². The van der Waals surface area contributed by atoms with Crippen LogP contribution in [0, 0.1) is 0 Å². The minimum absolute atomic E-state index is 0.0128. The van der Waals surface area contributed by atoms with Crippen molar-refractivity contribution in [2.24, 2.45) is 0 Å². The van der Waals surface area contributed by atoms with Crippen LogP contribution in [-0.4, -0.2) is 10.8 Å². The molecular formula is C23H18N2O. The summed E-state index contributed by atoms with van der Waals surface area (Å²) >= 11 is 0. The fraction of sp³-hybridized carbons (Fsp3) is 0.0435. The standard InChI is InChI=1S/C23H18N2O/c1-2-7-22(26)16-12-14-17(15-13-16)24-23-18-8-3-5-10-20(18)25-21-11-6-4-9-19(21)23/h2-15H,1H3,(H,24,25)/b7-2+. The van der Waals surface area contributed by atoms with Crippen molar-refractivity contribution < 1.29 is 4.79 Å². The topological polar surface area (TPSA) is 42.0 Å². The Morgan fingerprint density at radius 1 is 0.846 bits per heavy atom. The van der Waals surface area contributed by atoms with Gasteiger partial charge in [-0.1, -0.05) is 42.5 Å². The number of nitrogens with zero attached hydrogens (tertiary/aromatic N) is 1. The lowest BCUT2D eigenvalue weighted by atomic mass is 10.1. The summed E-state index contributed by atoms with van der Waals surface area (Å²) in [6.07, 6.45) is 3.33. The fourth-order valence-corrected chi connectivity index (χ4v) is 3.08. The number of carbonyl (C=O) groups excluding carboxylic acids is 1. The van der Waals surface area contributed by atoms with E-state index in [4.69, 9.17) is 4.98 Å². The molecule has 0 fully saturated rings. The van der Waals surface area contributed by atoms with Crippen molar-refractivity contribution in [2.75, 3.05) is 5.32 Å². The van der Waals surface area contributed by atoms with Gasteiger partial charge in [-0.05, 0) is 49.4 Å². The molecule has 126 valence electrons. The number of allylic oxidation sites excluding steroid dienone is 2. The third-order valence-corrected chi connectivity index (χ3v) is 4.34. The summed E-state index contributed by atoms with van der Waals surface area (Å²) in [5.74, 6) is 0.0128. The van der Waals surface area contributed by atoms with E-state index in [1.165, 1.54) is 0 Å². The average Bonchev–Trinajstić information content (AvgIpc) is 2.68. The molecule has 0 aliphatic carbocycles. The first-order chi connectivity index (χ1) is 12.8. The number of nitrogens with one attached hydrogen (secondary N) is 1. The van der Waals surface area contributed by atoms with Crippen LogP contribution in [0.2, 0.25) is 0 Å². The fourth-order valence-electron chi connectivity index (χ4n) is 3.08. The molecule has 0 bridgehead atoms. The van der Waals surface area contributed by atoms with Crippen LogP contribution >= 0.6 is 0 Å². The number of hydrogen-bond donors (Lipinski definition) is 1. The molecule has 26 heavy (non-hydrogen) atoms. The maximum Gasteiger partial charge on any atom is 0.185 e. The summed E-state index contributed by atoms with van der Waals surface area (Å²) in [4.78, 5) is 16.7. The molecule has 0 aliphatic heterocycles. The molecule has 0 atom stereocenters. The molecule has 0 unspecified atom stereocenters. The number of pyridine rings is 1. The van der Waals surface area contributed by atoms with Gasteiger partial charge in [-0.3, -0.25) is 4.79 Å². The van der Waals surface area contributed by atoms with Gasteiger partial charge >= 0.3 is 0 Å². The Labute approximate surface area is 152 Å². The molecular weight excluding hydrogens is 320 g/mol. The van der Waals surface area contributed by atoms with E-state index in [0.29, 0.717) is 5.56 Å². The molecule has 1 aromatic heterocycles. The average molecular weight is 338 g/mol. The Kier molecular flexibility index (Phi) is 4.20. The number of ketones is 1.